The summed E-state index contributed by atoms with van der Waals surface area (Å²) in [5, 5.41) is 8.68. The van der Waals surface area contributed by atoms with Crippen LogP contribution in [0.3, 0.4) is 0 Å². The van der Waals surface area contributed by atoms with Gasteiger partial charge in [0.15, 0.2) is 0 Å². The summed E-state index contributed by atoms with van der Waals surface area (Å²) in [5.41, 5.74) is 0.985. The van der Waals surface area contributed by atoms with E-state index in [0.29, 0.717) is 0 Å². The largest absolute Gasteiger partial charge is 0.478 e. The molecule has 0 aliphatic rings. The molecule has 0 spiro atoms. The van der Waals surface area contributed by atoms with Crippen LogP contribution in [0.25, 0.3) is 0 Å². The summed E-state index contributed by atoms with van der Waals surface area (Å²) in [6.07, 6.45) is 12.7. The summed E-state index contributed by atoms with van der Waals surface area (Å²) in [4.78, 5) is 10.5. The molecule has 0 aliphatic heterocycles. The first kappa shape index (κ1) is 29.0. The maximum Gasteiger partial charge on any atom is 0.328 e. The van der Waals surface area contributed by atoms with Crippen LogP contribution in [0.5, 0.6) is 0 Å². The molecule has 0 aromatic heterocycles. The van der Waals surface area contributed by atoms with Gasteiger partial charge in [-0.1, -0.05) is 78.2 Å². The second-order valence-electron chi connectivity index (χ2n) is 7.69. The molecule has 0 fully saturated rings. The van der Waals surface area contributed by atoms with E-state index < -0.39 is 5.97 Å². The quantitative estimate of drug-likeness (QED) is 0.274. The minimum atomic E-state index is -0.822. The Labute approximate surface area is 171 Å². The molecule has 0 heterocycles. The Morgan fingerprint density at radius 3 is 1.71 bits per heavy atom. The molecule has 2 atom stereocenters. The van der Waals surface area contributed by atoms with Crippen LogP contribution in [-0.2, 0) is 38.9 Å². The predicted molar refractivity (Wildman–Crippen MR) is 96.1 cm³/mol. The van der Waals surface area contributed by atoms with E-state index in [-0.39, 0.29) is 34.1 Å². The molecule has 2 nitrogen and oxygen atoms in total. The van der Waals surface area contributed by atoms with Gasteiger partial charge in [-0.05, 0) is 37.5 Å². The first-order chi connectivity index (χ1) is 10.3. The standard InChI is InChI=1S/C20H38O2.Fe.Mn/c1-16(2)9-6-10-17(3)11-7-12-18(4)13-8-14-19(5)15-20(21)22;;/h15-18H,6-14H2,1-5H3,(H,21,22);;/b19-15+;;/t17-,18-;;/m1../s1. The van der Waals surface area contributed by atoms with E-state index in [2.05, 4.69) is 27.7 Å². The zero-order chi connectivity index (χ0) is 17.0. The number of allylic oxidation sites excluding steroid dienone is 1. The van der Waals surface area contributed by atoms with E-state index in [1.54, 1.807) is 0 Å². The van der Waals surface area contributed by atoms with Crippen LogP contribution < -0.4 is 0 Å². The molecule has 0 rings (SSSR count). The van der Waals surface area contributed by atoms with Crippen molar-refractivity contribution in [1.82, 2.24) is 0 Å². The third-order valence-corrected chi connectivity index (χ3v) is 4.51. The van der Waals surface area contributed by atoms with Crippen molar-refractivity contribution in [3.05, 3.63) is 11.6 Å². The summed E-state index contributed by atoms with van der Waals surface area (Å²) < 4.78 is 0. The van der Waals surface area contributed by atoms with Crippen LogP contribution in [-0.4, -0.2) is 11.1 Å². The predicted octanol–water partition coefficient (Wildman–Crippen LogP) is 6.45. The summed E-state index contributed by atoms with van der Waals surface area (Å²) in [6, 6.07) is 0. The zero-order valence-corrected chi connectivity index (χ0v) is 18.5. The van der Waals surface area contributed by atoms with Gasteiger partial charge in [-0.2, -0.15) is 0 Å². The number of rotatable bonds is 13. The van der Waals surface area contributed by atoms with Gasteiger partial charge in [0.05, 0.1) is 0 Å². The Kier molecular flexibility index (Phi) is 21.8. The van der Waals surface area contributed by atoms with E-state index in [1.807, 2.05) is 6.92 Å². The maximum absolute atomic E-state index is 10.5. The molecule has 145 valence electrons. The first-order valence-corrected chi connectivity index (χ1v) is 9.21. The van der Waals surface area contributed by atoms with Crippen molar-refractivity contribution in [2.75, 3.05) is 0 Å². The molecule has 1 radical (unpaired) electrons. The van der Waals surface area contributed by atoms with E-state index in [9.17, 15) is 4.79 Å². The number of carboxylic acids is 1. The number of aliphatic carboxylic acids is 1. The first-order valence-electron chi connectivity index (χ1n) is 9.21. The van der Waals surface area contributed by atoms with Gasteiger partial charge in [0.1, 0.15) is 0 Å². The molecule has 0 saturated heterocycles. The maximum atomic E-state index is 10.5. The Bertz CT molecular complexity index is 330. The van der Waals surface area contributed by atoms with Gasteiger partial charge in [0.25, 0.3) is 0 Å². The molecular formula is C20H38FeMnO2. The summed E-state index contributed by atoms with van der Waals surface area (Å²) in [7, 11) is 0. The average molecular weight is 421 g/mol. The molecule has 0 aliphatic carbocycles. The van der Waals surface area contributed by atoms with E-state index in [4.69, 9.17) is 5.11 Å². The van der Waals surface area contributed by atoms with Crippen LogP contribution in [0.2, 0.25) is 0 Å². The summed E-state index contributed by atoms with van der Waals surface area (Å²) >= 11 is 0. The van der Waals surface area contributed by atoms with Gasteiger partial charge in [-0.15, -0.1) is 0 Å². The molecule has 1 N–H and O–H groups in total. The fourth-order valence-corrected chi connectivity index (χ4v) is 2.99. The smallest absolute Gasteiger partial charge is 0.328 e. The van der Waals surface area contributed by atoms with Crippen molar-refractivity contribution in [1.29, 1.82) is 0 Å². The number of hydrogen-bond acceptors (Lipinski definition) is 1. The van der Waals surface area contributed by atoms with E-state index >= 15 is 0 Å². The summed E-state index contributed by atoms with van der Waals surface area (Å²) in [6.45, 7) is 11.3. The van der Waals surface area contributed by atoms with Gasteiger partial charge in [-0.25, -0.2) is 4.79 Å². The molecule has 0 aromatic carbocycles. The Balaban J connectivity index is -0.00000220. The zero-order valence-electron chi connectivity index (χ0n) is 16.3. The minimum Gasteiger partial charge on any atom is -0.478 e. The molecule has 0 amide bonds. The van der Waals surface area contributed by atoms with Crippen molar-refractivity contribution in [2.45, 2.75) is 92.4 Å². The van der Waals surface area contributed by atoms with E-state index in [1.165, 1.54) is 51.0 Å². The second-order valence-corrected chi connectivity index (χ2v) is 7.69. The van der Waals surface area contributed by atoms with Crippen LogP contribution in [0, 0.1) is 17.8 Å². The molecule has 4 heteroatoms. The van der Waals surface area contributed by atoms with Crippen molar-refractivity contribution >= 4 is 5.97 Å². The van der Waals surface area contributed by atoms with Gasteiger partial charge >= 0.3 is 5.97 Å². The Hall–Kier alpha value is 0.249. The van der Waals surface area contributed by atoms with Gasteiger partial charge in [0, 0.05) is 40.2 Å². The van der Waals surface area contributed by atoms with E-state index in [0.717, 1.165) is 36.2 Å². The van der Waals surface area contributed by atoms with Gasteiger partial charge in [0.2, 0.25) is 0 Å². The van der Waals surface area contributed by atoms with Crippen LogP contribution in [0.15, 0.2) is 11.6 Å². The van der Waals surface area contributed by atoms with Crippen LogP contribution >= 0.6 is 0 Å². The Morgan fingerprint density at radius 1 is 0.875 bits per heavy atom. The topological polar surface area (TPSA) is 37.3 Å². The van der Waals surface area contributed by atoms with Crippen molar-refractivity contribution in [2.24, 2.45) is 17.8 Å². The van der Waals surface area contributed by atoms with Gasteiger partial charge in [-0.3, -0.25) is 0 Å². The molecule has 0 bridgehead atoms. The normalized spacial score (nSPS) is 13.8. The molecule has 0 aromatic rings. The van der Waals surface area contributed by atoms with Gasteiger partial charge < -0.3 is 5.11 Å². The average Bonchev–Trinajstić information content (AvgIpc) is 2.37. The fraction of sp³-hybridized carbons (Fsp3) is 0.850. The third kappa shape index (κ3) is 20.3. The van der Waals surface area contributed by atoms with Crippen molar-refractivity contribution in [3.8, 4) is 0 Å². The molecule has 0 unspecified atom stereocenters. The number of carbonyl (C=O) groups is 1. The molecule has 24 heavy (non-hydrogen) atoms. The monoisotopic (exact) mass is 421 g/mol. The van der Waals surface area contributed by atoms with Crippen LogP contribution in [0.1, 0.15) is 92.4 Å². The van der Waals surface area contributed by atoms with Crippen molar-refractivity contribution < 1.29 is 44.0 Å². The number of carboxylic acid groups (broad SMARTS) is 1. The fourth-order valence-electron chi connectivity index (χ4n) is 2.99. The summed E-state index contributed by atoms with van der Waals surface area (Å²) in [5.74, 6) is 1.65. The minimum absolute atomic E-state index is 0. The second kappa shape index (κ2) is 18.1. The number of hydrogen-bond donors (Lipinski definition) is 1. The molecular weight excluding hydrogens is 383 g/mol. The third-order valence-electron chi connectivity index (χ3n) is 4.51. The van der Waals surface area contributed by atoms with Crippen LogP contribution in [0.4, 0.5) is 0 Å². The van der Waals surface area contributed by atoms with Crippen molar-refractivity contribution in [3.63, 3.8) is 0 Å². The SMILES string of the molecule is C/C(=C\C(=O)O)CCC[C@H](C)CCC[C@H](C)CCCC(C)C.[Fe].[Mn]. The Morgan fingerprint density at radius 2 is 1.29 bits per heavy atom. The molecule has 0 saturated carbocycles.